The van der Waals surface area contributed by atoms with Gasteiger partial charge in [-0.05, 0) is 55.5 Å². The molecule has 3 rings (SSSR count). The second-order valence-corrected chi connectivity index (χ2v) is 6.73. The lowest BCUT2D eigenvalue weighted by Gasteiger charge is -2.15. The summed E-state index contributed by atoms with van der Waals surface area (Å²) < 4.78 is 15.9. The minimum atomic E-state index is -0.911. The molecule has 0 fully saturated rings. The van der Waals surface area contributed by atoms with Crippen molar-refractivity contribution in [3.05, 3.63) is 59.2 Å². The zero-order valence-corrected chi connectivity index (χ0v) is 16.2. The highest BCUT2D eigenvalue weighted by molar-refractivity contribution is 5.83. The molecule has 1 N–H and O–H groups in total. The number of amides is 1. The first-order chi connectivity index (χ1) is 13.6. The summed E-state index contributed by atoms with van der Waals surface area (Å²) in [5, 5.41) is 2.74. The van der Waals surface area contributed by atoms with Crippen molar-refractivity contribution in [2.45, 2.75) is 38.8 Å². The van der Waals surface area contributed by atoms with Gasteiger partial charge >= 0.3 is 5.97 Å². The van der Waals surface area contributed by atoms with Crippen molar-refractivity contribution in [1.82, 2.24) is 5.32 Å². The fraction of sp³-hybridized carbons (Fsp3) is 0.364. The molecule has 0 bridgehead atoms. The molecule has 1 atom stereocenters. The monoisotopic (exact) mass is 383 g/mol. The Morgan fingerprint density at radius 1 is 1.11 bits per heavy atom. The van der Waals surface area contributed by atoms with Crippen molar-refractivity contribution >= 4 is 11.9 Å². The van der Waals surface area contributed by atoms with E-state index in [-0.39, 0.29) is 19.1 Å². The Bertz CT molecular complexity index is 849. The molecule has 0 unspecified atom stereocenters. The van der Waals surface area contributed by atoms with Crippen LogP contribution in [0.1, 0.15) is 30.0 Å². The molecule has 6 nitrogen and oxygen atoms in total. The van der Waals surface area contributed by atoms with Gasteiger partial charge in [0.05, 0.1) is 7.11 Å². The van der Waals surface area contributed by atoms with Crippen LogP contribution in [0.15, 0.2) is 42.5 Å². The van der Waals surface area contributed by atoms with Gasteiger partial charge < -0.3 is 19.5 Å². The lowest BCUT2D eigenvalue weighted by Crippen LogP contribution is -2.36. The average Bonchev–Trinajstić information content (AvgIpc) is 3.18. The van der Waals surface area contributed by atoms with E-state index in [9.17, 15) is 9.59 Å². The molecule has 0 aliphatic heterocycles. The maximum atomic E-state index is 12.2. The number of esters is 1. The highest BCUT2D eigenvalue weighted by atomic mass is 16.6. The topological polar surface area (TPSA) is 73.9 Å². The second kappa shape index (κ2) is 9.26. The number of hydrogen-bond acceptors (Lipinski definition) is 5. The van der Waals surface area contributed by atoms with Gasteiger partial charge in [-0.2, -0.15) is 0 Å². The van der Waals surface area contributed by atoms with Gasteiger partial charge in [-0.1, -0.05) is 24.3 Å². The van der Waals surface area contributed by atoms with E-state index in [1.54, 1.807) is 7.11 Å². The maximum Gasteiger partial charge on any atom is 0.344 e. The van der Waals surface area contributed by atoms with Gasteiger partial charge in [0.15, 0.2) is 12.7 Å². The molecule has 0 aromatic heterocycles. The molecule has 0 saturated heterocycles. The summed E-state index contributed by atoms with van der Waals surface area (Å²) in [5.41, 5.74) is 3.46. The van der Waals surface area contributed by atoms with Crippen LogP contribution in [0.4, 0.5) is 0 Å². The van der Waals surface area contributed by atoms with Gasteiger partial charge in [0.2, 0.25) is 0 Å². The van der Waals surface area contributed by atoms with Gasteiger partial charge in [-0.15, -0.1) is 0 Å². The fourth-order valence-electron chi connectivity index (χ4n) is 3.24. The van der Waals surface area contributed by atoms with E-state index >= 15 is 0 Å². The molecule has 1 amide bonds. The number of para-hydroxylation sites is 1. The molecule has 0 radical (unpaired) electrons. The summed E-state index contributed by atoms with van der Waals surface area (Å²) in [6.45, 7) is 1.59. The minimum absolute atomic E-state index is 0.233. The summed E-state index contributed by atoms with van der Waals surface area (Å²) in [6.07, 6.45) is 2.38. The van der Waals surface area contributed by atoms with Crippen LogP contribution in [0.25, 0.3) is 0 Å². The molecule has 2 aromatic carbocycles. The van der Waals surface area contributed by atoms with Crippen LogP contribution in [0, 0.1) is 0 Å². The molecule has 2 aromatic rings. The number of carbonyl (C=O) groups excluding carboxylic acids is 2. The maximum absolute atomic E-state index is 12.2. The standard InChI is InChI=1S/C22H25NO5/c1-15(22(25)23-13-18-6-3-4-9-20(18)26-2)28-21(24)14-27-19-11-10-16-7-5-8-17(16)12-19/h3-4,6,9-12,15H,5,7-8,13-14H2,1-2H3,(H,23,25)/t15-/m0/s1. The normalized spacial score (nSPS) is 13.4. The largest absolute Gasteiger partial charge is 0.496 e. The first-order valence-corrected chi connectivity index (χ1v) is 9.40. The van der Waals surface area contributed by atoms with E-state index in [0.29, 0.717) is 11.5 Å². The van der Waals surface area contributed by atoms with Crippen molar-refractivity contribution < 1.29 is 23.8 Å². The second-order valence-electron chi connectivity index (χ2n) is 6.73. The van der Waals surface area contributed by atoms with Crippen molar-refractivity contribution in [2.75, 3.05) is 13.7 Å². The molecule has 0 spiro atoms. The van der Waals surface area contributed by atoms with E-state index in [0.717, 1.165) is 24.8 Å². The Balaban J connectivity index is 1.43. The van der Waals surface area contributed by atoms with Crippen LogP contribution in [-0.4, -0.2) is 31.7 Å². The smallest absolute Gasteiger partial charge is 0.344 e. The molecule has 1 aliphatic carbocycles. The molecule has 6 heteroatoms. The van der Waals surface area contributed by atoms with Crippen LogP contribution < -0.4 is 14.8 Å². The van der Waals surface area contributed by atoms with Crippen molar-refractivity contribution in [3.63, 3.8) is 0 Å². The number of nitrogens with one attached hydrogen (secondary N) is 1. The summed E-state index contributed by atoms with van der Waals surface area (Å²) in [7, 11) is 1.58. The summed E-state index contributed by atoms with van der Waals surface area (Å²) in [6, 6.07) is 13.3. The quantitative estimate of drug-likeness (QED) is 0.710. The third-order valence-corrected chi connectivity index (χ3v) is 4.75. The predicted octanol–water partition coefficient (Wildman–Crippen LogP) is 2.81. The van der Waals surface area contributed by atoms with Gasteiger partial charge in [0.1, 0.15) is 11.5 Å². The minimum Gasteiger partial charge on any atom is -0.496 e. The zero-order valence-electron chi connectivity index (χ0n) is 16.2. The fourth-order valence-corrected chi connectivity index (χ4v) is 3.24. The van der Waals surface area contributed by atoms with E-state index in [2.05, 4.69) is 5.32 Å². The van der Waals surface area contributed by atoms with Crippen LogP contribution in [0.5, 0.6) is 11.5 Å². The van der Waals surface area contributed by atoms with Crippen molar-refractivity contribution in [2.24, 2.45) is 0 Å². The summed E-state index contributed by atoms with van der Waals surface area (Å²) >= 11 is 0. The van der Waals surface area contributed by atoms with E-state index in [1.807, 2.05) is 42.5 Å². The van der Waals surface area contributed by atoms with Crippen LogP contribution in [0.2, 0.25) is 0 Å². The highest BCUT2D eigenvalue weighted by Gasteiger charge is 2.19. The Morgan fingerprint density at radius 3 is 2.71 bits per heavy atom. The Hall–Kier alpha value is -3.02. The first kappa shape index (κ1) is 19.7. The first-order valence-electron chi connectivity index (χ1n) is 9.40. The van der Waals surface area contributed by atoms with E-state index in [4.69, 9.17) is 14.2 Å². The Labute approximate surface area is 164 Å². The molecule has 148 valence electrons. The number of carbonyl (C=O) groups is 2. The van der Waals surface area contributed by atoms with Crippen LogP contribution in [0.3, 0.4) is 0 Å². The molecule has 0 heterocycles. The van der Waals surface area contributed by atoms with Crippen LogP contribution >= 0.6 is 0 Å². The number of aryl methyl sites for hydroxylation is 2. The lowest BCUT2D eigenvalue weighted by molar-refractivity contribution is -0.156. The number of fused-ring (bicyclic) bond motifs is 1. The predicted molar refractivity (Wildman–Crippen MR) is 104 cm³/mol. The van der Waals surface area contributed by atoms with Crippen molar-refractivity contribution in [3.8, 4) is 11.5 Å². The number of rotatable bonds is 8. The molecule has 0 saturated carbocycles. The van der Waals surface area contributed by atoms with Gasteiger partial charge in [0, 0.05) is 12.1 Å². The van der Waals surface area contributed by atoms with Crippen LogP contribution in [-0.2, 0) is 33.7 Å². The summed E-state index contributed by atoms with van der Waals surface area (Å²) in [4.78, 5) is 24.2. The molecular formula is C22H25NO5. The molecule has 28 heavy (non-hydrogen) atoms. The van der Waals surface area contributed by atoms with E-state index in [1.165, 1.54) is 18.1 Å². The number of benzene rings is 2. The number of hydrogen-bond donors (Lipinski definition) is 1. The molecule has 1 aliphatic rings. The third-order valence-electron chi connectivity index (χ3n) is 4.75. The van der Waals surface area contributed by atoms with Gasteiger partial charge in [0.25, 0.3) is 5.91 Å². The Morgan fingerprint density at radius 2 is 1.89 bits per heavy atom. The van der Waals surface area contributed by atoms with E-state index < -0.39 is 12.1 Å². The lowest BCUT2D eigenvalue weighted by atomic mass is 10.1. The Kier molecular flexibility index (Phi) is 6.53. The average molecular weight is 383 g/mol. The van der Waals surface area contributed by atoms with Gasteiger partial charge in [-0.3, -0.25) is 4.79 Å². The highest BCUT2D eigenvalue weighted by Crippen LogP contribution is 2.26. The molecular weight excluding hydrogens is 358 g/mol. The zero-order chi connectivity index (χ0) is 19.9. The van der Waals surface area contributed by atoms with Gasteiger partial charge in [-0.25, -0.2) is 4.79 Å². The SMILES string of the molecule is COc1ccccc1CNC(=O)[C@H](C)OC(=O)COc1ccc2c(c1)CCC2. The number of ether oxygens (including phenoxy) is 3. The number of methoxy groups -OCH3 is 1. The third kappa shape index (κ3) is 5.03. The van der Waals surface area contributed by atoms with Crippen molar-refractivity contribution in [1.29, 1.82) is 0 Å². The summed E-state index contributed by atoms with van der Waals surface area (Å²) in [5.74, 6) is 0.373.